The van der Waals surface area contributed by atoms with Crippen molar-refractivity contribution in [3.8, 4) is 17.0 Å². The van der Waals surface area contributed by atoms with Gasteiger partial charge in [0.25, 0.3) is 0 Å². The standard InChI is InChI=1S/C28H39N5O4/c1-28(2,3)37-27(34)33(15-8-16-35-5)14-7-12-30-25-18-21(24-11-13-31-26(29-4)32-24)17-20-9-10-22(36-6)19-23(20)25/h9-11,13,17-19,30H,7-8,12,14-16H2,1-6H3,(H,29,31,32). The van der Waals surface area contributed by atoms with Crippen LogP contribution in [0.15, 0.2) is 42.6 Å². The molecular weight excluding hydrogens is 470 g/mol. The summed E-state index contributed by atoms with van der Waals surface area (Å²) in [5.41, 5.74) is 2.24. The van der Waals surface area contributed by atoms with Gasteiger partial charge in [0.05, 0.1) is 12.8 Å². The first-order chi connectivity index (χ1) is 17.7. The van der Waals surface area contributed by atoms with Crippen molar-refractivity contribution in [1.29, 1.82) is 0 Å². The van der Waals surface area contributed by atoms with Gasteiger partial charge in [-0.2, -0.15) is 0 Å². The molecule has 200 valence electrons. The van der Waals surface area contributed by atoms with E-state index in [0.29, 0.717) is 32.2 Å². The first-order valence-electron chi connectivity index (χ1n) is 12.6. The Bertz CT molecular complexity index is 1180. The molecular formula is C28H39N5O4. The van der Waals surface area contributed by atoms with Gasteiger partial charge in [-0.3, -0.25) is 0 Å². The van der Waals surface area contributed by atoms with Crippen molar-refractivity contribution in [3.63, 3.8) is 0 Å². The summed E-state index contributed by atoms with van der Waals surface area (Å²) in [6, 6.07) is 12.1. The molecule has 0 aliphatic carbocycles. The smallest absolute Gasteiger partial charge is 0.410 e. The lowest BCUT2D eigenvalue weighted by Gasteiger charge is -2.27. The number of rotatable bonds is 12. The number of fused-ring (bicyclic) bond motifs is 1. The number of carbonyl (C=O) groups is 1. The Balaban J connectivity index is 1.78. The molecule has 9 heteroatoms. The molecule has 2 N–H and O–H groups in total. The lowest BCUT2D eigenvalue weighted by molar-refractivity contribution is 0.0235. The fourth-order valence-corrected chi connectivity index (χ4v) is 3.91. The zero-order chi connectivity index (χ0) is 26.8. The molecule has 1 amide bonds. The molecule has 1 aromatic heterocycles. The largest absolute Gasteiger partial charge is 0.497 e. The van der Waals surface area contributed by atoms with Crippen LogP contribution in [0.25, 0.3) is 22.0 Å². The van der Waals surface area contributed by atoms with Crippen LogP contribution in [0.1, 0.15) is 33.6 Å². The van der Waals surface area contributed by atoms with E-state index in [2.05, 4.69) is 32.7 Å². The van der Waals surface area contributed by atoms with E-state index in [4.69, 9.17) is 14.2 Å². The first kappa shape index (κ1) is 28.0. The molecule has 0 aliphatic heterocycles. The number of ether oxygens (including phenoxy) is 3. The van der Waals surface area contributed by atoms with Crippen LogP contribution in [0, 0.1) is 0 Å². The van der Waals surface area contributed by atoms with Gasteiger partial charge < -0.3 is 29.7 Å². The number of aromatic nitrogens is 2. The third kappa shape index (κ3) is 8.21. The van der Waals surface area contributed by atoms with Crippen molar-refractivity contribution >= 4 is 28.5 Å². The van der Waals surface area contributed by atoms with E-state index in [1.807, 2.05) is 45.0 Å². The molecule has 0 unspecified atom stereocenters. The van der Waals surface area contributed by atoms with E-state index >= 15 is 0 Å². The zero-order valence-corrected chi connectivity index (χ0v) is 22.8. The lowest BCUT2D eigenvalue weighted by atomic mass is 10.0. The van der Waals surface area contributed by atoms with E-state index < -0.39 is 5.60 Å². The average molecular weight is 510 g/mol. The Morgan fingerprint density at radius 2 is 1.84 bits per heavy atom. The second-order valence-corrected chi connectivity index (χ2v) is 9.72. The molecule has 0 spiro atoms. The number of nitrogens with zero attached hydrogens (tertiary/aromatic N) is 3. The Labute approximate surface area is 219 Å². The topological polar surface area (TPSA) is 97.8 Å². The summed E-state index contributed by atoms with van der Waals surface area (Å²) in [6.45, 7) is 8.06. The minimum Gasteiger partial charge on any atom is -0.497 e. The number of hydrogen-bond acceptors (Lipinski definition) is 8. The highest BCUT2D eigenvalue weighted by Crippen LogP contribution is 2.33. The predicted octanol–water partition coefficient (Wildman–Crippen LogP) is 5.42. The SMILES string of the molecule is CNc1nccc(-c2cc(NCCCN(CCCOC)C(=O)OC(C)(C)C)c3cc(OC)ccc3c2)n1. The molecule has 0 saturated carbocycles. The Kier molecular flexibility index (Phi) is 9.91. The van der Waals surface area contributed by atoms with Crippen LogP contribution < -0.4 is 15.4 Å². The number of anilines is 2. The number of benzene rings is 2. The first-order valence-corrected chi connectivity index (χ1v) is 12.6. The Morgan fingerprint density at radius 1 is 1.05 bits per heavy atom. The molecule has 0 bridgehead atoms. The molecule has 2 aromatic carbocycles. The fourth-order valence-electron chi connectivity index (χ4n) is 3.91. The molecule has 0 aliphatic rings. The fraction of sp³-hybridized carbons (Fsp3) is 0.464. The van der Waals surface area contributed by atoms with E-state index in [9.17, 15) is 4.79 Å². The zero-order valence-electron chi connectivity index (χ0n) is 22.8. The van der Waals surface area contributed by atoms with Crippen LogP contribution in [0.4, 0.5) is 16.4 Å². The third-order valence-electron chi connectivity index (χ3n) is 5.68. The van der Waals surface area contributed by atoms with E-state index in [1.54, 1.807) is 32.4 Å². The van der Waals surface area contributed by atoms with Gasteiger partial charge in [-0.25, -0.2) is 14.8 Å². The van der Waals surface area contributed by atoms with Crippen LogP contribution in [0.2, 0.25) is 0 Å². The second-order valence-electron chi connectivity index (χ2n) is 9.72. The third-order valence-corrected chi connectivity index (χ3v) is 5.68. The number of amides is 1. The second kappa shape index (κ2) is 13.1. The van der Waals surface area contributed by atoms with Crippen molar-refractivity contribution in [2.45, 2.75) is 39.2 Å². The van der Waals surface area contributed by atoms with Crippen molar-refractivity contribution < 1.29 is 19.0 Å². The van der Waals surface area contributed by atoms with Crippen LogP contribution >= 0.6 is 0 Å². The average Bonchev–Trinajstić information content (AvgIpc) is 2.88. The van der Waals surface area contributed by atoms with Gasteiger partial charge >= 0.3 is 6.09 Å². The van der Waals surface area contributed by atoms with Crippen molar-refractivity contribution in [3.05, 3.63) is 42.6 Å². The maximum absolute atomic E-state index is 12.7. The molecule has 1 heterocycles. The lowest BCUT2D eigenvalue weighted by Crippen LogP contribution is -2.38. The van der Waals surface area contributed by atoms with Gasteiger partial charge in [0, 0.05) is 63.2 Å². The number of nitrogens with one attached hydrogen (secondary N) is 2. The maximum Gasteiger partial charge on any atom is 0.410 e. The van der Waals surface area contributed by atoms with Gasteiger partial charge in [0.1, 0.15) is 11.4 Å². The monoisotopic (exact) mass is 509 g/mol. The van der Waals surface area contributed by atoms with E-state index in [1.165, 1.54) is 0 Å². The van der Waals surface area contributed by atoms with Gasteiger partial charge in [-0.1, -0.05) is 6.07 Å². The number of methoxy groups -OCH3 is 2. The normalized spacial score (nSPS) is 11.3. The van der Waals surface area contributed by atoms with Gasteiger partial charge in [-0.05, 0) is 69.3 Å². The van der Waals surface area contributed by atoms with Crippen LogP contribution in [0.5, 0.6) is 5.75 Å². The molecule has 0 saturated heterocycles. The predicted molar refractivity (Wildman–Crippen MR) is 148 cm³/mol. The molecule has 3 aromatic rings. The highest BCUT2D eigenvalue weighted by molar-refractivity contribution is 5.98. The molecule has 37 heavy (non-hydrogen) atoms. The van der Waals surface area contributed by atoms with E-state index in [-0.39, 0.29) is 6.09 Å². The molecule has 9 nitrogen and oxygen atoms in total. The van der Waals surface area contributed by atoms with Crippen LogP contribution in [-0.4, -0.2) is 74.1 Å². The Hall–Kier alpha value is -3.59. The van der Waals surface area contributed by atoms with Gasteiger partial charge in [0.15, 0.2) is 0 Å². The molecule has 0 radical (unpaired) electrons. The minimum absolute atomic E-state index is 0.301. The van der Waals surface area contributed by atoms with Gasteiger partial charge in [-0.15, -0.1) is 0 Å². The quantitative estimate of drug-likeness (QED) is 0.312. The summed E-state index contributed by atoms with van der Waals surface area (Å²) in [6.07, 6.45) is 2.95. The highest BCUT2D eigenvalue weighted by Gasteiger charge is 2.21. The number of carbonyl (C=O) groups excluding carboxylic acids is 1. The van der Waals surface area contributed by atoms with Gasteiger partial charge in [0.2, 0.25) is 5.95 Å². The summed E-state index contributed by atoms with van der Waals surface area (Å²) >= 11 is 0. The summed E-state index contributed by atoms with van der Waals surface area (Å²) in [7, 11) is 5.13. The summed E-state index contributed by atoms with van der Waals surface area (Å²) in [5.74, 6) is 1.36. The summed E-state index contributed by atoms with van der Waals surface area (Å²) in [4.78, 5) is 23.3. The summed E-state index contributed by atoms with van der Waals surface area (Å²) < 4.78 is 16.2. The molecule has 3 rings (SSSR count). The minimum atomic E-state index is -0.540. The van der Waals surface area contributed by atoms with Crippen molar-refractivity contribution in [2.24, 2.45) is 0 Å². The highest BCUT2D eigenvalue weighted by atomic mass is 16.6. The Morgan fingerprint density at radius 3 is 2.54 bits per heavy atom. The number of hydrogen-bond donors (Lipinski definition) is 2. The molecule has 0 atom stereocenters. The molecule has 0 fully saturated rings. The van der Waals surface area contributed by atoms with Crippen molar-refractivity contribution in [1.82, 2.24) is 14.9 Å². The maximum atomic E-state index is 12.7. The summed E-state index contributed by atoms with van der Waals surface area (Å²) in [5, 5.41) is 8.68. The van der Waals surface area contributed by atoms with E-state index in [0.717, 1.165) is 46.3 Å². The van der Waals surface area contributed by atoms with Crippen LogP contribution in [0.3, 0.4) is 0 Å². The van der Waals surface area contributed by atoms with Crippen molar-refractivity contribution in [2.75, 3.05) is 58.1 Å². The van der Waals surface area contributed by atoms with Crippen LogP contribution in [-0.2, 0) is 9.47 Å².